The van der Waals surface area contributed by atoms with Crippen LogP contribution in [0.25, 0.3) is 0 Å². The van der Waals surface area contributed by atoms with E-state index >= 15 is 0 Å². The molecule has 2 heteroatoms. The summed E-state index contributed by atoms with van der Waals surface area (Å²) in [5.74, 6) is 0. The maximum atomic E-state index is 5.10. The minimum absolute atomic E-state index is 0.802. The second-order valence-electron chi connectivity index (χ2n) is 3.10. The molecule has 70 valence electrons. The van der Waals surface area contributed by atoms with Crippen molar-refractivity contribution in [1.82, 2.24) is 0 Å². The van der Waals surface area contributed by atoms with Crippen LogP contribution in [0.5, 0.6) is 0 Å². The highest BCUT2D eigenvalue weighted by molar-refractivity contribution is 6.27. The maximum Gasteiger partial charge on any atom is 0.229 e. The van der Waals surface area contributed by atoms with E-state index in [1.807, 2.05) is 18.2 Å². The average Bonchev–Trinajstić information content (AvgIpc) is 2.22. The summed E-state index contributed by atoms with van der Waals surface area (Å²) in [4.78, 5) is 0. The van der Waals surface area contributed by atoms with E-state index in [1.54, 1.807) is 0 Å². The molecule has 1 heterocycles. The van der Waals surface area contributed by atoms with E-state index in [9.17, 15) is 0 Å². The molecule has 1 fully saturated rings. The standard InChI is InChI=1S/C7H8.C4H8OSi/c1-7-5-3-2-4-6-7;1-2-4-6-5-3-1/h2-6H,1H3;1-4H2. The molecule has 0 unspecified atom stereocenters. The summed E-state index contributed by atoms with van der Waals surface area (Å²) in [5.41, 5.74) is 1.32. The molecule has 0 spiro atoms. The van der Waals surface area contributed by atoms with Gasteiger partial charge in [0.25, 0.3) is 0 Å². The molecule has 2 rings (SSSR count). The first-order valence-electron chi connectivity index (χ1n) is 4.76. The van der Waals surface area contributed by atoms with E-state index in [0.717, 1.165) is 16.4 Å². The molecule has 13 heavy (non-hydrogen) atoms. The smallest absolute Gasteiger partial charge is 0.229 e. The van der Waals surface area contributed by atoms with Crippen LogP contribution >= 0.6 is 0 Å². The van der Waals surface area contributed by atoms with Crippen LogP contribution in [-0.4, -0.2) is 16.4 Å². The van der Waals surface area contributed by atoms with Gasteiger partial charge in [-0.15, -0.1) is 0 Å². The topological polar surface area (TPSA) is 9.23 Å². The first-order chi connectivity index (χ1) is 6.39. The Morgan fingerprint density at radius 2 is 1.92 bits per heavy atom. The van der Waals surface area contributed by atoms with Crippen molar-refractivity contribution in [3.05, 3.63) is 35.9 Å². The van der Waals surface area contributed by atoms with Gasteiger partial charge in [-0.3, -0.25) is 0 Å². The number of rotatable bonds is 0. The third-order valence-corrected chi connectivity index (χ3v) is 2.78. The largest absolute Gasteiger partial charge is 0.417 e. The van der Waals surface area contributed by atoms with Gasteiger partial charge in [-0.2, -0.15) is 0 Å². The van der Waals surface area contributed by atoms with Crippen LogP contribution in [0.4, 0.5) is 0 Å². The lowest BCUT2D eigenvalue weighted by Crippen LogP contribution is -2.06. The van der Waals surface area contributed by atoms with Crippen molar-refractivity contribution in [2.75, 3.05) is 6.61 Å². The van der Waals surface area contributed by atoms with Crippen molar-refractivity contribution in [1.29, 1.82) is 0 Å². The molecule has 1 nitrogen and oxygen atoms in total. The highest BCUT2D eigenvalue weighted by atomic mass is 28.2. The fraction of sp³-hybridized carbons (Fsp3) is 0.455. The van der Waals surface area contributed by atoms with Crippen molar-refractivity contribution < 1.29 is 4.43 Å². The molecule has 1 aromatic rings. The fourth-order valence-corrected chi connectivity index (χ4v) is 1.88. The molecule has 0 amide bonds. The summed E-state index contributed by atoms with van der Waals surface area (Å²) >= 11 is 0. The number of hydrogen-bond donors (Lipinski definition) is 0. The first kappa shape index (κ1) is 10.5. The summed E-state index contributed by atoms with van der Waals surface area (Å²) in [6.45, 7) is 3.10. The van der Waals surface area contributed by atoms with Gasteiger partial charge in [0.05, 0.1) is 0 Å². The third-order valence-electron chi connectivity index (χ3n) is 1.82. The first-order valence-corrected chi connectivity index (χ1v) is 5.87. The van der Waals surface area contributed by atoms with Crippen molar-refractivity contribution >= 4 is 9.76 Å². The van der Waals surface area contributed by atoms with Gasteiger partial charge in [-0.05, 0) is 19.4 Å². The Morgan fingerprint density at radius 1 is 1.15 bits per heavy atom. The fourth-order valence-electron chi connectivity index (χ4n) is 1.05. The van der Waals surface area contributed by atoms with Gasteiger partial charge in [0.2, 0.25) is 9.76 Å². The van der Waals surface area contributed by atoms with Gasteiger partial charge < -0.3 is 4.43 Å². The quantitative estimate of drug-likeness (QED) is 0.574. The summed E-state index contributed by atoms with van der Waals surface area (Å²) in [6, 6.07) is 11.6. The Balaban J connectivity index is 0.000000132. The van der Waals surface area contributed by atoms with Crippen LogP contribution in [0, 0.1) is 6.92 Å². The van der Waals surface area contributed by atoms with E-state index in [1.165, 1.54) is 24.4 Å². The third kappa shape index (κ3) is 5.61. The lowest BCUT2D eigenvalue weighted by molar-refractivity contribution is 0.304. The van der Waals surface area contributed by atoms with E-state index in [2.05, 4.69) is 19.1 Å². The molecule has 1 aliphatic rings. The van der Waals surface area contributed by atoms with Gasteiger partial charge in [-0.25, -0.2) is 0 Å². The summed E-state index contributed by atoms with van der Waals surface area (Å²) in [5, 5.41) is 0. The van der Waals surface area contributed by atoms with E-state index < -0.39 is 0 Å². The van der Waals surface area contributed by atoms with Crippen LogP contribution < -0.4 is 0 Å². The van der Waals surface area contributed by atoms with E-state index in [4.69, 9.17) is 4.43 Å². The average molecular weight is 192 g/mol. The molecule has 0 saturated carbocycles. The molecular weight excluding hydrogens is 176 g/mol. The zero-order valence-corrected chi connectivity index (χ0v) is 9.12. The lowest BCUT2D eigenvalue weighted by Gasteiger charge is -2.06. The molecule has 0 atom stereocenters. The molecule has 1 saturated heterocycles. The van der Waals surface area contributed by atoms with Gasteiger partial charge in [0.1, 0.15) is 0 Å². The number of aryl methyl sites for hydroxylation is 1. The molecule has 1 aromatic carbocycles. The highest BCUT2D eigenvalue weighted by Crippen LogP contribution is 2.01. The molecule has 2 radical (unpaired) electrons. The Kier molecular flexibility index (Phi) is 5.53. The van der Waals surface area contributed by atoms with Crippen LogP contribution in [-0.2, 0) is 4.43 Å². The lowest BCUT2D eigenvalue weighted by atomic mass is 10.2. The van der Waals surface area contributed by atoms with Crippen molar-refractivity contribution in [2.24, 2.45) is 0 Å². The normalized spacial score (nSPS) is 15.8. The summed E-state index contributed by atoms with van der Waals surface area (Å²) < 4.78 is 5.10. The summed E-state index contributed by atoms with van der Waals surface area (Å²) in [6.07, 6.45) is 2.67. The second-order valence-corrected chi connectivity index (χ2v) is 4.18. The number of hydrogen-bond acceptors (Lipinski definition) is 1. The highest BCUT2D eigenvalue weighted by Gasteiger charge is 1.97. The molecule has 1 aliphatic heterocycles. The Bertz CT molecular complexity index is 195. The molecular formula is C11H16OSi. The van der Waals surface area contributed by atoms with Crippen molar-refractivity contribution in [3.8, 4) is 0 Å². The minimum atomic E-state index is 0.802. The molecule has 0 aromatic heterocycles. The zero-order chi connectivity index (χ0) is 9.36. The Hall–Kier alpha value is -0.603. The molecule has 0 bridgehead atoms. The van der Waals surface area contributed by atoms with Crippen LogP contribution in [0.15, 0.2) is 30.3 Å². The van der Waals surface area contributed by atoms with Gasteiger partial charge in [0.15, 0.2) is 0 Å². The molecule has 0 aliphatic carbocycles. The van der Waals surface area contributed by atoms with E-state index in [-0.39, 0.29) is 0 Å². The summed E-state index contributed by atoms with van der Waals surface area (Å²) in [7, 11) is 0.802. The SMILES string of the molecule is C1CC[Si]OC1.Cc1ccccc1. The van der Waals surface area contributed by atoms with Gasteiger partial charge >= 0.3 is 0 Å². The second kappa shape index (κ2) is 6.86. The van der Waals surface area contributed by atoms with Crippen molar-refractivity contribution in [2.45, 2.75) is 25.8 Å². The molecule has 0 N–H and O–H groups in total. The Labute approximate surface area is 83.1 Å². The van der Waals surface area contributed by atoms with Crippen LogP contribution in [0.1, 0.15) is 18.4 Å². The Morgan fingerprint density at radius 3 is 2.15 bits per heavy atom. The van der Waals surface area contributed by atoms with Crippen molar-refractivity contribution in [3.63, 3.8) is 0 Å². The predicted molar refractivity (Wildman–Crippen MR) is 56.9 cm³/mol. The van der Waals surface area contributed by atoms with Gasteiger partial charge in [0, 0.05) is 6.61 Å². The van der Waals surface area contributed by atoms with E-state index in [0.29, 0.717) is 0 Å². The van der Waals surface area contributed by atoms with Crippen LogP contribution in [0.3, 0.4) is 0 Å². The predicted octanol–water partition coefficient (Wildman–Crippen LogP) is 2.83. The minimum Gasteiger partial charge on any atom is -0.417 e. The monoisotopic (exact) mass is 192 g/mol. The number of benzene rings is 1. The van der Waals surface area contributed by atoms with Gasteiger partial charge in [-0.1, -0.05) is 42.3 Å². The maximum absolute atomic E-state index is 5.10. The van der Waals surface area contributed by atoms with Crippen LogP contribution in [0.2, 0.25) is 6.04 Å². The zero-order valence-electron chi connectivity index (χ0n) is 8.12.